The van der Waals surface area contributed by atoms with Crippen LogP contribution in [0.2, 0.25) is 0 Å². The van der Waals surface area contributed by atoms with Gasteiger partial charge in [0.25, 0.3) is 11.1 Å². The molecule has 0 aliphatic carbocycles. The van der Waals surface area contributed by atoms with Gasteiger partial charge in [0.15, 0.2) is 0 Å². The Kier molecular flexibility index (Phi) is 6.04. The molecule has 4 rings (SSSR count). The van der Waals surface area contributed by atoms with Crippen LogP contribution in [-0.2, 0) is 0 Å². The maximum Gasteiger partial charge on any atom is 0.280 e. The van der Waals surface area contributed by atoms with Crippen molar-refractivity contribution in [1.82, 2.24) is 9.97 Å². The first kappa shape index (κ1) is 21.7. The highest BCUT2D eigenvalue weighted by molar-refractivity contribution is 5.69. The molecule has 0 radical (unpaired) electrons. The van der Waals surface area contributed by atoms with Crippen molar-refractivity contribution < 1.29 is 0 Å². The number of anilines is 2. The highest BCUT2D eigenvalue weighted by Crippen LogP contribution is 2.26. The minimum atomic E-state index is -0.403. The molecular formula is C26H28N4O2. The summed E-state index contributed by atoms with van der Waals surface area (Å²) in [6.07, 6.45) is 0. The number of nitrogens with zero attached hydrogens (tertiary/aromatic N) is 4. The summed E-state index contributed by atoms with van der Waals surface area (Å²) in [5.74, 6) is 0. The zero-order valence-electron chi connectivity index (χ0n) is 19.1. The molecule has 2 aromatic rings. The summed E-state index contributed by atoms with van der Waals surface area (Å²) in [7, 11) is 0. The van der Waals surface area contributed by atoms with Crippen LogP contribution in [0, 0.1) is 10.4 Å². The third kappa shape index (κ3) is 3.66. The SMILES string of the molecule is CCN(CC)c1ccc(-c2nc(=O)c3c(-c4ccc(N(CC)CC)cc4)nc(=O)c2=3)cc1. The van der Waals surface area contributed by atoms with E-state index in [0.717, 1.165) is 48.7 Å². The first-order valence-electron chi connectivity index (χ1n) is 11.2. The molecule has 32 heavy (non-hydrogen) atoms. The van der Waals surface area contributed by atoms with Crippen molar-refractivity contribution in [3.8, 4) is 22.5 Å². The Bertz CT molecular complexity index is 1240. The largest absolute Gasteiger partial charge is 0.372 e. The third-order valence-corrected chi connectivity index (χ3v) is 6.12. The maximum absolute atomic E-state index is 12.8. The van der Waals surface area contributed by atoms with Crippen LogP contribution in [-0.4, -0.2) is 36.1 Å². The molecule has 0 bridgehead atoms. The first-order valence-corrected chi connectivity index (χ1v) is 11.2. The second-order valence-corrected chi connectivity index (χ2v) is 7.72. The van der Waals surface area contributed by atoms with Gasteiger partial charge in [0.1, 0.15) is 0 Å². The Morgan fingerprint density at radius 2 is 0.875 bits per heavy atom. The van der Waals surface area contributed by atoms with Gasteiger partial charge in [-0.1, -0.05) is 24.3 Å². The average Bonchev–Trinajstić information content (AvgIpc) is 3.35. The molecule has 0 atom stereocenters. The van der Waals surface area contributed by atoms with Gasteiger partial charge in [0, 0.05) is 48.7 Å². The Morgan fingerprint density at radius 3 is 1.16 bits per heavy atom. The van der Waals surface area contributed by atoms with Gasteiger partial charge in [0.05, 0.1) is 21.8 Å². The van der Waals surface area contributed by atoms with Crippen LogP contribution >= 0.6 is 0 Å². The van der Waals surface area contributed by atoms with Crippen molar-refractivity contribution in [3.63, 3.8) is 0 Å². The van der Waals surface area contributed by atoms with E-state index in [-0.39, 0.29) is 0 Å². The van der Waals surface area contributed by atoms with Crippen molar-refractivity contribution >= 4 is 11.4 Å². The molecule has 0 fully saturated rings. The third-order valence-electron chi connectivity index (χ3n) is 6.12. The quantitative estimate of drug-likeness (QED) is 0.425. The van der Waals surface area contributed by atoms with E-state index in [2.05, 4.69) is 47.5 Å². The number of aromatic nitrogens is 2. The smallest absolute Gasteiger partial charge is 0.280 e. The monoisotopic (exact) mass is 428 g/mol. The van der Waals surface area contributed by atoms with Gasteiger partial charge in [0.2, 0.25) is 0 Å². The van der Waals surface area contributed by atoms with Crippen molar-refractivity contribution in [1.29, 1.82) is 0 Å². The number of rotatable bonds is 8. The number of hydrogen-bond acceptors (Lipinski definition) is 6. The van der Waals surface area contributed by atoms with E-state index in [4.69, 9.17) is 0 Å². The fraction of sp³-hybridized carbons (Fsp3) is 0.308. The maximum atomic E-state index is 12.8. The van der Waals surface area contributed by atoms with Crippen molar-refractivity contribution in [2.24, 2.45) is 0 Å². The number of benzene rings is 2. The summed E-state index contributed by atoms with van der Waals surface area (Å²) in [5.41, 5.74) is 3.73. The molecule has 0 spiro atoms. The van der Waals surface area contributed by atoms with Crippen LogP contribution < -0.4 is 20.9 Å². The molecule has 2 heterocycles. The molecule has 0 unspecified atom stereocenters. The Morgan fingerprint density at radius 1 is 0.562 bits per heavy atom. The molecule has 0 saturated carbocycles. The topological polar surface area (TPSA) is 66.4 Å². The molecule has 2 aliphatic rings. The first-order chi connectivity index (χ1) is 15.5. The molecule has 0 N–H and O–H groups in total. The molecule has 6 nitrogen and oxygen atoms in total. The van der Waals surface area contributed by atoms with Crippen LogP contribution in [0.25, 0.3) is 22.5 Å². The molecule has 164 valence electrons. The zero-order valence-corrected chi connectivity index (χ0v) is 19.1. The minimum Gasteiger partial charge on any atom is -0.372 e. The molecule has 0 aromatic heterocycles. The van der Waals surface area contributed by atoms with Gasteiger partial charge in [-0.25, -0.2) is 9.97 Å². The summed E-state index contributed by atoms with van der Waals surface area (Å²) >= 11 is 0. The lowest BCUT2D eigenvalue weighted by Crippen LogP contribution is -2.21. The van der Waals surface area contributed by atoms with Crippen molar-refractivity contribution in [2.45, 2.75) is 27.7 Å². The van der Waals surface area contributed by atoms with E-state index in [0.29, 0.717) is 21.8 Å². The zero-order chi connectivity index (χ0) is 22.8. The Labute approximate surface area is 187 Å². The summed E-state index contributed by atoms with van der Waals surface area (Å²) in [5, 5.41) is 0.627. The van der Waals surface area contributed by atoms with Crippen LogP contribution in [0.3, 0.4) is 0 Å². The number of hydrogen-bond donors (Lipinski definition) is 0. The summed E-state index contributed by atoms with van der Waals surface area (Å²) < 4.78 is 0. The van der Waals surface area contributed by atoms with E-state index in [1.54, 1.807) is 0 Å². The van der Waals surface area contributed by atoms with Gasteiger partial charge in [-0.15, -0.1) is 0 Å². The summed E-state index contributed by atoms with van der Waals surface area (Å²) in [4.78, 5) is 38.6. The van der Waals surface area contributed by atoms with Crippen LogP contribution in [0.1, 0.15) is 27.7 Å². The predicted molar refractivity (Wildman–Crippen MR) is 130 cm³/mol. The summed E-state index contributed by atoms with van der Waals surface area (Å²) in [6.45, 7) is 12.1. The standard InChI is InChI=1S/C26H28N4O2/c1-5-29(6-2)19-13-9-17(10-14-19)23-21-22(26(32)27-23)24(28-25(21)31)18-11-15-20(16-12-18)30(7-3)8-4/h9-16H,5-8H2,1-4H3. The Balaban J connectivity index is 1.79. The average molecular weight is 429 g/mol. The fourth-order valence-electron chi connectivity index (χ4n) is 4.34. The lowest BCUT2D eigenvalue weighted by molar-refractivity contribution is 0.866. The molecule has 2 aromatic carbocycles. The van der Waals surface area contributed by atoms with Gasteiger partial charge < -0.3 is 9.80 Å². The molecule has 0 saturated heterocycles. The second kappa shape index (κ2) is 8.91. The van der Waals surface area contributed by atoms with Crippen LogP contribution in [0.4, 0.5) is 11.4 Å². The molecule has 2 aliphatic heterocycles. The lowest BCUT2D eigenvalue weighted by atomic mass is 10.1. The van der Waals surface area contributed by atoms with Crippen molar-refractivity contribution in [3.05, 3.63) is 79.7 Å². The molecule has 0 amide bonds. The molecular weight excluding hydrogens is 400 g/mol. The van der Waals surface area contributed by atoms with E-state index in [9.17, 15) is 9.59 Å². The van der Waals surface area contributed by atoms with Gasteiger partial charge in [-0.05, 0) is 52.0 Å². The van der Waals surface area contributed by atoms with Gasteiger partial charge >= 0.3 is 0 Å². The van der Waals surface area contributed by atoms with E-state index in [1.807, 2.05) is 48.5 Å². The van der Waals surface area contributed by atoms with Gasteiger partial charge in [-0.2, -0.15) is 0 Å². The van der Waals surface area contributed by atoms with Crippen molar-refractivity contribution in [2.75, 3.05) is 36.0 Å². The highest BCUT2D eigenvalue weighted by atomic mass is 16.1. The summed E-state index contributed by atoms with van der Waals surface area (Å²) in [6, 6.07) is 15.7. The second-order valence-electron chi connectivity index (χ2n) is 7.72. The van der Waals surface area contributed by atoms with E-state index < -0.39 is 11.1 Å². The van der Waals surface area contributed by atoms with E-state index >= 15 is 0 Å². The normalized spacial score (nSPS) is 11.2. The minimum absolute atomic E-state index is 0.313. The van der Waals surface area contributed by atoms with E-state index in [1.165, 1.54) is 0 Å². The predicted octanol–water partition coefficient (Wildman–Crippen LogP) is 3.82. The van der Waals surface area contributed by atoms with Crippen LogP contribution in [0.5, 0.6) is 0 Å². The van der Waals surface area contributed by atoms with Gasteiger partial charge in [-0.3, -0.25) is 9.59 Å². The Hall–Kier alpha value is -3.54. The highest BCUT2D eigenvalue weighted by Gasteiger charge is 2.20. The molecule has 6 heteroatoms. The van der Waals surface area contributed by atoms with Crippen LogP contribution in [0.15, 0.2) is 58.1 Å². The fourth-order valence-corrected chi connectivity index (χ4v) is 4.34. The lowest BCUT2D eigenvalue weighted by Gasteiger charge is -2.20.